The second kappa shape index (κ2) is 6.03. The molecular formula is C13H23NO3. The average Bonchev–Trinajstić information content (AvgIpc) is 2.14. The largest absolute Gasteiger partial charge is 0.481 e. The van der Waals surface area contributed by atoms with Gasteiger partial charge in [-0.25, -0.2) is 0 Å². The van der Waals surface area contributed by atoms with Crippen molar-refractivity contribution < 1.29 is 14.7 Å². The summed E-state index contributed by atoms with van der Waals surface area (Å²) in [5.41, 5.74) is 0. The van der Waals surface area contributed by atoms with E-state index in [2.05, 4.69) is 13.8 Å². The molecule has 1 heterocycles. The molecule has 17 heavy (non-hydrogen) atoms. The van der Waals surface area contributed by atoms with Crippen molar-refractivity contribution in [2.75, 3.05) is 13.1 Å². The van der Waals surface area contributed by atoms with Crippen LogP contribution in [-0.2, 0) is 9.59 Å². The second-order valence-electron chi connectivity index (χ2n) is 5.65. The molecule has 98 valence electrons. The summed E-state index contributed by atoms with van der Waals surface area (Å²) in [6.07, 6.45) is 1.60. The van der Waals surface area contributed by atoms with Crippen LogP contribution in [0.4, 0.5) is 0 Å². The Labute approximate surface area is 103 Å². The number of carboxylic acids is 1. The summed E-state index contributed by atoms with van der Waals surface area (Å²) in [6, 6.07) is 0. The van der Waals surface area contributed by atoms with Gasteiger partial charge in [-0.2, -0.15) is 0 Å². The number of aliphatic carboxylic acids is 1. The molecule has 0 aromatic rings. The van der Waals surface area contributed by atoms with Crippen molar-refractivity contribution in [1.82, 2.24) is 4.90 Å². The zero-order valence-electron chi connectivity index (χ0n) is 11.0. The molecule has 0 aromatic carbocycles. The van der Waals surface area contributed by atoms with Gasteiger partial charge in [0.1, 0.15) is 0 Å². The van der Waals surface area contributed by atoms with Crippen LogP contribution >= 0.6 is 0 Å². The molecule has 0 radical (unpaired) electrons. The number of likely N-dealkylation sites (tertiary alicyclic amines) is 1. The predicted molar refractivity (Wildman–Crippen MR) is 65.6 cm³/mol. The van der Waals surface area contributed by atoms with E-state index in [9.17, 15) is 9.59 Å². The van der Waals surface area contributed by atoms with Crippen molar-refractivity contribution >= 4 is 11.9 Å². The second-order valence-corrected chi connectivity index (χ2v) is 5.65. The fraction of sp³-hybridized carbons (Fsp3) is 0.846. The van der Waals surface area contributed by atoms with E-state index < -0.39 is 5.97 Å². The van der Waals surface area contributed by atoms with E-state index in [1.54, 1.807) is 0 Å². The highest BCUT2D eigenvalue weighted by Gasteiger charge is 2.26. The first kappa shape index (κ1) is 14.0. The molecule has 1 aliphatic heterocycles. The quantitative estimate of drug-likeness (QED) is 0.819. The van der Waals surface area contributed by atoms with Crippen molar-refractivity contribution in [1.29, 1.82) is 0 Å². The molecule has 0 unspecified atom stereocenters. The van der Waals surface area contributed by atoms with Crippen LogP contribution in [0.15, 0.2) is 0 Å². The Morgan fingerprint density at radius 3 is 2.24 bits per heavy atom. The predicted octanol–water partition coefficient (Wildman–Crippen LogP) is 1.99. The van der Waals surface area contributed by atoms with Gasteiger partial charge in [0.2, 0.25) is 5.91 Å². The maximum Gasteiger partial charge on any atom is 0.303 e. The molecule has 4 heteroatoms. The van der Waals surface area contributed by atoms with E-state index in [0.717, 1.165) is 13.1 Å². The number of piperidine rings is 1. The highest BCUT2D eigenvalue weighted by molar-refractivity contribution is 5.77. The van der Waals surface area contributed by atoms with E-state index in [1.165, 1.54) is 6.42 Å². The summed E-state index contributed by atoms with van der Waals surface area (Å²) in [4.78, 5) is 24.5. The van der Waals surface area contributed by atoms with Gasteiger partial charge >= 0.3 is 5.97 Å². The highest BCUT2D eigenvalue weighted by atomic mass is 16.4. The molecule has 1 rings (SSSR count). The molecule has 1 N–H and O–H groups in total. The Morgan fingerprint density at radius 2 is 1.76 bits per heavy atom. The number of hydrogen-bond donors (Lipinski definition) is 1. The lowest BCUT2D eigenvalue weighted by Crippen LogP contribution is -2.43. The normalized spacial score (nSPS) is 26.6. The molecule has 4 nitrogen and oxygen atoms in total. The first-order valence-electron chi connectivity index (χ1n) is 6.38. The van der Waals surface area contributed by atoms with Crippen LogP contribution in [0.1, 0.15) is 40.0 Å². The van der Waals surface area contributed by atoms with Crippen molar-refractivity contribution in [3.8, 4) is 0 Å². The molecule has 0 spiro atoms. The van der Waals surface area contributed by atoms with Crippen molar-refractivity contribution in [2.45, 2.75) is 40.0 Å². The van der Waals surface area contributed by atoms with Crippen LogP contribution < -0.4 is 0 Å². The maximum atomic E-state index is 12.0. The van der Waals surface area contributed by atoms with Crippen molar-refractivity contribution in [3.63, 3.8) is 0 Å². The molecular weight excluding hydrogens is 218 g/mol. The van der Waals surface area contributed by atoms with Crippen molar-refractivity contribution in [2.24, 2.45) is 17.8 Å². The minimum Gasteiger partial charge on any atom is -0.481 e. The minimum atomic E-state index is -0.828. The summed E-state index contributed by atoms with van der Waals surface area (Å²) in [5, 5.41) is 8.67. The zero-order chi connectivity index (χ0) is 13.0. The van der Waals surface area contributed by atoms with Crippen LogP contribution in [0.2, 0.25) is 0 Å². The summed E-state index contributed by atoms with van der Waals surface area (Å²) in [7, 11) is 0. The Balaban J connectivity index is 2.43. The Bertz CT molecular complexity index is 280. The lowest BCUT2D eigenvalue weighted by molar-refractivity contribution is -0.139. The van der Waals surface area contributed by atoms with Gasteiger partial charge in [0.25, 0.3) is 0 Å². The summed E-state index contributed by atoms with van der Waals surface area (Å²) in [6.45, 7) is 7.79. The standard InChI is InChI=1S/C13H23NO3/c1-9(6-13(16)17)5-12(15)14-7-10(2)4-11(3)8-14/h9-11H,4-8H2,1-3H3,(H,16,17)/t9-,10-,11+/m1/s1. The molecule has 1 amide bonds. The third-order valence-electron chi connectivity index (χ3n) is 3.27. The van der Waals surface area contributed by atoms with Crippen molar-refractivity contribution in [3.05, 3.63) is 0 Å². The number of hydrogen-bond acceptors (Lipinski definition) is 2. The monoisotopic (exact) mass is 241 g/mol. The minimum absolute atomic E-state index is 0.0741. The molecule has 1 saturated heterocycles. The summed E-state index contributed by atoms with van der Waals surface area (Å²) < 4.78 is 0. The smallest absolute Gasteiger partial charge is 0.303 e. The van der Waals surface area contributed by atoms with Crippen LogP contribution in [-0.4, -0.2) is 35.0 Å². The van der Waals surface area contributed by atoms with Gasteiger partial charge in [0, 0.05) is 25.9 Å². The molecule has 0 aliphatic carbocycles. The SMILES string of the molecule is C[C@@H]1C[C@H](C)CN(C(=O)C[C@@H](C)CC(=O)O)C1. The van der Waals surface area contributed by atoms with Gasteiger partial charge in [0.15, 0.2) is 0 Å². The van der Waals surface area contributed by atoms with E-state index in [0.29, 0.717) is 18.3 Å². The molecule has 1 aliphatic rings. The third-order valence-corrected chi connectivity index (χ3v) is 3.27. The summed E-state index contributed by atoms with van der Waals surface area (Å²) >= 11 is 0. The number of carboxylic acid groups (broad SMARTS) is 1. The molecule has 0 aromatic heterocycles. The van der Waals surface area contributed by atoms with Crippen LogP contribution in [0, 0.1) is 17.8 Å². The zero-order valence-corrected chi connectivity index (χ0v) is 11.0. The van der Waals surface area contributed by atoms with Gasteiger partial charge < -0.3 is 10.0 Å². The summed E-state index contributed by atoms with van der Waals surface area (Å²) in [5.74, 6) is 0.310. The van der Waals surface area contributed by atoms with Crippen LogP contribution in [0.3, 0.4) is 0 Å². The van der Waals surface area contributed by atoms with E-state index in [-0.39, 0.29) is 18.2 Å². The lowest BCUT2D eigenvalue weighted by atomic mass is 9.91. The lowest BCUT2D eigenvalue weighted by Gasteiger charge is -2.35. The topological polar surface area (TPSA) is 57.6 Å². The van der Waals surface area contributed by atoms with Gasteiger partial charge in [-0.15, -0.1) is 0 Å². The van der Waals surface area contributed by atoms with Gasteiger partial charge in [-0.05, 0) is 24.2 Å². The Kier molecular flexibility index (Phi) is 4.97. The highest BCUT2D eigenvalue weighted by Crippen LogP contribution is 2.22. The number of carbonyl (C=O) groups excluding carboxylic acids is 1. The van der Waals surface area contributed by atoms with Crippen LogP contribution in [0.25, 0.3) is 0 Å². The molecule has 0 saturated carbocycles. The fourth-order valence-corrected chi connectivity index (χ4v) is 2.66. The molecule has 1 fully saturated rings. The Morgan fingerprint density at radius 1 is 1.24 bits per heavy atom. The van der Waals surface area contributed by atoms with Crippen LogP contribution in [0.5, 0.6) is 0 Å². The van der Waals surface area contributed by atoms with Gasteiger partial charge in [-0.3, -0.25) is 9.59 Å². The number of carbonyl (C=O) groups is 2. The maximum absolute atomic E-state index is 12.0. The first-order valence-corrected chi connectivity index (χ1v) is 6.38. The van der Waals surface area contributed by atoms with Gasteiger partial charge in [-0.1, -0.05) is 20.8 Å². The third kappa shape index (κ3) is 4.75. The first-order chi connectivity index (χ1) is 7.88. The molecule has 3 atom stereocenters. The number of nitrogens with zero attached hydrogens (tertiary/aromatic N) is 1. The Hall–Kier alpha value is -1.06. The number of amides is 1. The average molecular weight is 241 g/mol. The number of rotatable bonds is 4. The van der Waals surface area contributed by atoms with Gasteiger partial charge in [0.05, 0.1) is 0 Å². The van der Waals surface area contributed by atoms with E-state index in [1.807, 2.05) is 11.8 Å². The fourth-order valence-electron chi connectivity index (χ4n) is 2.66. The molecule has 0 bridgehead atoms. The van der Waals surface area contributed by atoms with E-state index >= 15 is 0 Å². The van der Waals surface area contributed by atoms with E-state index in [4.69, 9.17) is 5.11 Å².